The molecule has 0 spiro atoms. The highest BCUT2D eigenvalue weighted by Crippen LogP contribution is 2.51. The van der Waals surface area contributed by atoms with Crippen molar-refractivity contribution in [1.29, 1.82) is 0 Å². The van der Waals surface area contributed by atoms with Crippen LogP contribution in [0.25, 0.3) is 10.8 Å². The Bertz CT molecular complexity index is 886. The van der Waals surface area contributed by atoms with Crippen LogP contribution in [0.4, 0.5) is 9.59 Å². The van der Waals surface area contributed by atoms with E-state index in [1.165, 1.54) is 0 Å². The Morgan fingerprint density at radius 1 is 0.611 bits per heavy atom. The van der Waals surface area contributed by atoms with E-state index < -0.39 is 12.2 Å². The molecule has 0 aliphatic rings. The van der Waals surface area contributed by atoms with Gasteiger partial charge in [0.05, 0.1) is 13.2 Å². The Morgan fingerprint density at radius 3 is 1.39 bits per heavy atom. The molecular weight excluding hydrogens is 460 g/mol. The zero-order valence-corrected chi connectivity index (χ0v) is 22.2. The van der Waals surface area contributed by atoms with Crippen LogP contribution in [0.15, 0.2) is 24.3 Å². The summed E-state index contributed by atoms with van der Waals surface area (Å²) >= 11 is 0. The summed E-state index contributed by atoms with van der Waals surface area (Å²) in [6.07, 6.45) is 7.22. The highest BCUT2D eigenvalue weighted by molar-refractivity contribution is 6.01. The molecule has 2 N–H and O–H groups in total. The second kappa shape index (κ2) is 16.5. The predicted molar refractivity (Wildman–Crippen MR) is 143 cm³/mol. The van der Waals surface area contributed by atoms with Gasteiger partial charge in [-0.2, -0.15) is 0 Å². The van der Waals surface area contributed by atoms with Crippen molar-refractivity contribution in [2.75, 3.05) is 26.3 Å². The molecule has 36 heavy (non-hydrogen) atoms. The molecule has 200 valence electrons. The zero-order chi connectivity index (χ0) is 26.2. The van der Waals surface area contributed by atoms with Gasteiger partial charge in [-0.3, -0.25) is 0 Å². The second-order valence-electron chi connectivity index (χ2n) is 8.48. The number of carbonyl (C=O) groups is 2. The largest absolute Gasteiger partial charge is 0.487 e. The Kier molecular flexibility index (Phi) is 13.3. The van der Waals surface area contributed by atoms with Crippen molar-refractivity contribution in [3.05, 3.63) is 24.3 Å². The molecular formula is C28H42N2O6. The lowest BCUT2D eigenvalue weighted by Crippen LogP contribution is -2.29. The van der Waals surface area contributed by atoms with Gasteiger partial charge in [0.2, 0.25) is 11.5 Å². The van der Waals surface area contributed by atoms with Gasteiger partial charge >= 0.3 is 12.2 Å². The lowest BCUT2D eigenvalue weighted by molar-refractivity contribution is 0.192. The Labute approximate surface area is 215 Å². The molecule has 0 aliphatic heterocycles. The molecule has 2 rings (SSSR count). The molecule has 2 aromatic rings. The summed E-state index contributed by atoms with van der Waals surface area (Å²) in [5, 5.41) is 6.77. The first-order valence-electron chi connectivity index (χ1n) is 13.3. The summed E-state index contributed by atoms with van der Waals surface area (Å²) in [5.41, 5.74) is 0. The number of fused-ring (bicyclic) bond motifs is 1. The molecule has 8 heteroatoms. The predicted octanol–water partition coefficient (Wildman–Crippen LogP) is 6.97. The van der Waals surface area contributed by atoms with Gasteiger partial charge in [0, 0.05) is 23.9 Å². The zero-order valence-electron chi connectivity index (χ0n) is 22.2. The molecule has 0 bridgehead atoms. The van der Waals surface area contributed by atoms with Crippen LogP contribution in [0.2, 0.25) is 0 Å². The van der Waals surface area contributed by atoms with Crippen LogP contribution in [-0.2, 0) is 0 Å². The van der Waals surface area contributed by atoms with Crippen LogP contribution in [0.3, 0.4) is 0 Å². The standard InChI is InChI=1S/C28H42N2O6/c1-5-9-11-15-19-29-27(31)35-23-21-17-13-14-18-22(21)24(26(34-8-4)25(23)33-7-3)36-28(32)30-20-16-12-10-6-2/h13-14,17-18H,5-12,15-16,19-20H2,1-4H3,(H,29,31)(H,30,32). The van der Waals surface area contributed by atoms with Crippen LogP contribution in [0, 0.1) is 0 Å². The SMILES string of the molecule is CCCCCCNC(=O)Oc1c(OCC)c(OCC)c(OC(=O)NCCCCCC)c2ccccc12. The molecule has 0 aliphatic carbocycles. The minimum absolute atomic E-state index is 0.227. The van der Waals surface area contributed by atoms with E-state index in [0.717, 1.165) is 51.4 Å². The Morgan fingerprint density at radius 2 is 1.03 bits per heavy atom. The summed E-state index contributed by atoms with van der Waals surface area (Å²) in [5.74, 6) is 0.915. The first kappa shape index (κ1) is 29.1. The summed E-state index contributed by atoms with van der Waals surface area (Å²) < 4.78 is 23.3. The minimum Gasteiger partial charge on any atom is -0.487 e. The molecule has 0 fully saturated rings. The maximum Gasteiger partial charge on any atom is 0.412 e. The van der Waals surface area contributed by atoms with Crippen LogP contribution < -0.4 is 29.6 Å². The smallest absolute Gasteiger partial charge is 0.412 e. The van der Waals surface area contributed by atoms with Gasteiger partial charge in [-0.15, -0.1) is 0 Å². The second-order valence-corrected chi connectivity index (χ2v) is 8.48. The summed E-state index contributed by atoms with van der Waals surface area (Å²) in [6, 6.07) is 7.25. The lowest BCUT2D eigenvalue weighted by atomic mass is 10.1. The van der Waals surface area contributed by atoms with Crippen molar-refractivity contribution >= 4 is 23.0 Å². The Balaban J connectivity index is 2.36. The van der Waals surface area contributed by atoms with Gasteiger partial charge in [-0.05, 0) is 26.7 Å². The van der Waals surface area contributed by atoms with Crippen LogP contribution in [0.5, 0.6) is 23.0 Å². The minimum atomic E-state index is -0.571. The van der Waals surface area contributed by atoms with Crippen molar-refractivity contribution in [2.45, 2.75) is 79.1 Å². The molecule has 2 aromatic carbocycles. The molecule has 0 heterocycles. The van der Waals surface area contributed by atoms with Crippen molar-refractivity contribution in [3.8, 4) is 23.0 Å². The molecule has 0 unspecified atom stereocenters. The van der Waals surface area contributed by atoms with Crippen LogP contribution >= 0.6 is 0 Å². The third-order valence-corrected chi connectivity index (χ3v) is 5.60. The third kappa shape index (κ3) is 8.81. The van der Waals surface area contributed by atoms with Crippen LogP contribution in [0.1, 0.15) is 79.1 Å². The summed E-state index contributed by atoms with van der Waals surface area (Å²) in [6.45, 7) is 9.59. The number of ether oxygens (including phenoxy) is 4. The molecule has 0 saturated heterocycles. The normalized spacial score (nSPS) is 10.7. The molecule has 0 radical (unpaired) electrons. The van der Waals surface area contributed by atoms with Gasteiger partial charge in [0.25, 0.3) is 0 Å². The number of nitrogens with one attached hydrogen (secondary N) is 2. The highest BCUT2D eigenvalue weighted by atomic mass is 16.6. The first-order valence-corrected chi connectivity index (χ1v) is 13.3. The summed E-state index contributed by atoms with van der Waals surface area (Å²) in [7, 11) is 0. The molecule has 0 saturated carbocycles. The molecule has 0 aromatic heterocycles. The Hall–Kier alpha value is -3.16. The monoisotopic (exact) mass is 502 g/mol. The van der Waals surface area contributed by atoms with Gasteiger partial charge < -0.3 is 29.6 Å². The van der Waals surface area contributed by atoms with E-state index >= 15 is 0 Å². The van der Waals surface area contributed by atoms with Crippen LogP contribution in [-0.4, -0.2) is 38.5 Å². The van der Waals surface area contributed by atoms with E-state index in [9.17, 15) is 9.59 Å². The number of unbranched alkanes of at least 4 members (excludes halogenated alkanes) is 6. The van der Waals surface area contributed by atoms with Crippen molar-refractivity contribution in [1.82, 2.24) is 10.6 Å². The molecule has 0 atom stereocenters. The average molecular weight is 503 g/mol. The first-order chi connectivity index (χ1) is 17.6. The van der Waals surface area contributed by atoms with Crippen molar-refractivity contribution in [3.63, 3.8) is 0 Å². The number of rotatable bonds is 16. The number of hydrogen-bond donors (Lipinski definition) is 2. The number of carbonyl (C=O) groups excluding carboxylic acids is 2. The van der Waals surface area contributed by atoms with Gasteiger partial charge in [0.1, 0.15) is 0 Å². The fourth-order valence-electron chi connectivity index (χ4n) is 3.83. The maximum atomic E-state index is 12.6. The quantitative estimate of drug-likeness (QED) is 0.241. The lowest BCUT2D eigenvalue weighted by Gasteiger charge is -2.21. The number of benzene rings is 2. The van der Waals surface area contributed by atoms with E-state index in [0.29, 0.717) is 37.1 Å². The van der Waals surface area contributed by atoms with Crippen molar-refractivity contribution < 1.29 is 28.5 Å². The van der Waals surface area contributed by atoms with Gasteiger partial charge in [-0.25, -0.2) is 9.59 Å². The van der Waals surface area contributed by atoms with Gasteiger partial charge in [-0.1, -0.05) is 76.6 Å². The number of hydrogen-bond acceptors (Lipinski definition) is 6. The van der Waals surface area contributed by atoms with E-state index in [4.69, 9.17) is 18.9 Å². The summed E-state index contributed by atoms with van der Waals surface area (Å²) in [4.78, 5) is 25.3. The van der Waals surface area contributed by atoms with E-state index in [1.54, 1.807) is 12.1 Å². The van der Waals surface area contributed by atoms with E-state index in [1.807, 2.05) is 26.0 Å². The van der Waals surface area contributed by atoms with Gasteiger partial charge in [0.15, 0.2) is 11.5 Å². The highest BCUT2D eigenvalue weighted by Gasteiger charge is 2.27. The third-order valence-electron chi connectivity index (χ3n) is 5.60. The van der Waals surface area contributed by atoms with E-state index in [2.05, 4.69) is 24.5 Å². The topological polar surface area (TPSA) is 95.1 Å². The fourth-order valence-corrected chi connectivity index (χ4v) is 3.83. The molecule has 2 amide bonds. The average Bonchev–Trinajstić information content (AvgIpc) is 2.87. The molecule has 8 nitrogen and oxygen atoms in total. The fraction of sp³-hybridized carbons (Fsp3) is 0.571. The van der Waals surface area contributed by atoms with Crippen molar-refractivity contribution in [2.24, 2.45) is 0 Å². The maximum absolute atomic E-state index is 12.6. The number of amides is 2. The van der Waals surface area contributed by atoms with E-state index in [-0.39, 0.29) is 23.0 Å².